The topological polar surface area (TPSA) is 74.4 Å². The Morgan fingerprint density at radius 1 is 1.64 bits per heavy atom. The van der Waals surface area contributed by atoms with Gasteiger partial charge in [-0.05, 0) is 6.07 Å². The second-order valence-electron chi connectivity index (χ2n) is 2.39. The number of hydrogen-bond donors (Lipinski definition) is 0. The quantitative estimate of drug-likeness (QED) is 0.418. The van der Waals surface area contributed by atoms with Gasteiger partial charge in [0.05, 0.1) is 4.92 Å². The summed E-state index contributed by atoms with van der Waals surface area (Å²) in [7, 11) is 0. The van der Waals surface area contributed by atoms with Gasteiger partial charge in [0, 0.05) is 13.0 Å². The van der Waals surface area contributed by atoms with Gasteiger partial charge in [0.25, 0.3) is 5.69 Å². The minimum absolute atomic E-state index is 0.186. The molecule has 0 N–H and O–H groups in total. The van der Waals surface area contributed by atoms with Gasteiger partial charge in [-0.15, -0.1) is 0 Å². The van der Waals surface area contributed by atoms with Gasteiger partial charge in [-0.2, -0.15) is 4.73 Å². The molecule has 0 unspecified atom stereocenters. The van der Waals surface area contributed by atoms with E-state index in [0.717, 1.165) is 10.9 Å². The lowest BCUT2D eigenvalue weighted by atomic mass is 10.4. The second kappa shape index (κ2) is 3.97. The predicted octanol–water partition coefficient (Wildman–Crippen LogP) is 1.10. The summed E-state index contributed by atoms with van der Waals surface area (Å²) in [5.41, 5.74) is -0.195. The van der Waals surface area contributed by atoms with Crippen LogP contribution in [0, 0.1) is 14.8 Å². The number of nitro groups is 1. The number of carbonyl (C=O) groups excluding carboxylic acids is 1. The zero-order valence-corrected chi connectivity index (χ0v) is 7.98. The van der Waals surface area contributed by atoms with Crippen LogP contribution in [0.2, 0.25) is 0 Å². The van der Waals surface area contributed by atoms with Crippen LogP contribution in [0.5, 0.6) is 0 Å². The van der Waals surface area contributed by atoms with Crippen molar-refractivity contribution in [2.45, 2.75) is 6.92 Å². The summed E-state index contributed by atoms with van der Waals surface area (Å²) >= 11 is 4.78. The Bertz CT molecular complexity index is 440. The Morgan fingerprint density at radius 3 is 2.79 bits per heavy atom. The molecule has 0 aliphatic heterocycles. The molecule has 1 rings (SSSR count). The van der Waals surface area contributed by atoms with Gasteiger partial charge in [0.15, 0.2) is 0 Å². The summed E-state index contributed by atoms with van der Waals surface area (Å²) in [6, 6.07) is 2.55. The monoisotopic (exact) mass is 214 g/mol. The minimum Gasteiger partial charge on any atom is -0.336 e. The summed E-state index contributed by atoms with van der Waals surface area (Å²) in [6.07, 6.45) is 1.05. The highest BCUT2D eigenvalue weighted by Crippen LogP contribution is 2.08. The maximum Gasteiger partial charge on any atom is 0.329 e. The Balaban J connectivity index is 3.15. The van der Waals surface area contributed by atoms with Gasteiger partial charge in [-0.3, -0.25) is 10.1 Å². The largest absolute Gasteiger partial charge is 0.336 e. The van der Waals surface area contributed by atoms with Crippen LogP contribution in [-0.2, 0) is 4.79 Å². The summed E-state index contributed by atoms with van der Waals surface area (Å²) in [5, 5.41) is 10.4. The van der Waals surface area contributed by atoms with E-state index in [1.807, 2.05) is 0 Å². The Labute approximate surface area is 83.8 Å². The fourth-order valence-corrected chi connectivity index (χ4v) is 0.933. The summed E-state index contributed by atoms with van der Waals surface area (Å²) in [4.78, 5) is 25.0. The van der Waals surface area contributed by atoms with Crippen LogP contribution in [0.15, 0.2) is 18.3 Å². The molecule has 1 heterocycles. The smallest absolute Gasteiger partial charge is 0.329 e. The van der Waals surface area contributed by atoms with Gasteiger partial charge in [0.1, 0.15) is 10.8 Å². The molecule has 0 amide bonds. The predicted molar refractivity (Wildman–Crippen MR) is 49.2 cm³/mol. The lowest BCUT2D eigenvalue weighted by Gasteiger charge is -2.03. The molecule has 1 aromatic rings. The third-order valence-corrected chi connectivity index (χ3v) is 1.62. The zero-order chi connectivity index (χ0) is 10.7. The molecule has 0 saturated carbocycles. The highest BCUT2D eigenvalue weighted by Gasteiger charge is 2.07. The molecular formula is C7H6N2O4S. The Kier molecular flexibility index (Phi) is 2.92. The first kappa shape index (κ1) is 10.3. The van der Waals surface area contributed by atoms with Crippen molar-refractivity contribution in [1.82, 2.24) is 4.73 Å². The van der Waals surface area contributed by atoms with Gasteiger partial charge in [-0.1, -0.05) is 12.2 Å². The van der Waals surface area contributed by atoms with Crippen molar-refractivity contribution in [1.29, 1.82) is 0 Å². The van der Waals surface area contributed by atoms with E-state index in [4.69, 9.17) is 12.2 Å². The molecule has 0 fully saturated rings. The first-order valence-corrected chi connectivity index (χ1v) is 3.97. The van der Waals surface area contributed by atoms with E-state index in [0.29, 0.717) is 0 Å². The van der Waals surface area contributed by atoms with E-state index in [1.165, 1.54) is 19.1 Å². The number of carbonyl (C=O) groups is 1. The molecule has 74 valence electrons. The Hall–Kier alpha value is -1.76. The standard InChI is InChI=1S/C7H6N2O4S/c1-5(10)13-8-4-6(9(11)12)2-3-7(8)14/h2-4H,1H3. The summed E-state index contributed by atoms with van der Waals surface area (Å²) < 4.78 is 1.07. The van der Waals surface area contributed by atoms with Crippen LogP contribution in [0.4, 0.5) is 5.69 Å². The zero-order valence-electron chi connectivity index (χ0n) is 7.17. The van der Waals surface area contributed by atoms with E-state index >= 15 is 0 Å². The van der Waals surface area contributed by atoms with Crippen LogP contribution in [0.3, 0.4) is 0 Å². The van der Waals surface area contributed by atoms with Gasteiger partial charge < -0.3 is 4.84 Å². The lowest BCUT2D eigenvalue weighted by Crippen LogP contribution is -2.17. The second-order valence-corrected chi connectivity index (χ2v) is 2.81. The average molecular weight is 214 g/mol. The SMILES string of the molecule is CC(=O)On1cc([N+](=O)[O-])ccc1=S. The first-order valence-electron chi connectivity index (χ1n) is 3.56. The number of rotatable bonds is 2. The van der Waals surface area contributed by atoms with Crippen LogP contribution in [0.1, 0.15) is 6.92 Å². The molecule has 0 aliphatic carbocycles. The van der Waals surface area contributed by atoms with E-state index in [2.05, 4.69) is 4.84 Å². The molecule has 0 spiro atoms. The molecule has 14 heavy (non-hydrogen) atoms. The van der Waals surface area contributed by atoms with Crippen molar-refractivity contribution in [3.8, 4) is 0 Å². The molecule has 6 nitrogen and oxygen atoms in total. The molecule has 0 aromatic carbocycles. The fraction of sp³-hybridized carbons (Fsp3) is 0.143. The summed E-state index contributed by atoms with van der Waals surface area (Å²) in [6.45, 7) is 1.18. The van der Waals surface area contributed by atoms with E-state index < -0.39 is 10.9 Å². The molecule has 1 aromatic heterocycles. The van der Waals surface area contributed by atoms with Crippen molar-refractivity contribution in [3.63, 3.8) is 0 Å². The normalized spacial score (nSPS) is 9.50. The average Bonchev–Trinajstić information content (AvgIpc) is 2.07. The van der Waals surface area contributed by atoms with Crippen LogP contribution in [-0.4, -0.2) is 15.6 Å². The van der Waals surface area contributed by atoms with Crippen molar-refractivity contribution >= 4 is 23.9 Å². The van der Waals surface area contributed by atoms with Gasteiger partial charge in [0.2, 0.25) is 0 Å². The number of aromatic nitrogens is 1. The first-order chi connectivity index (χ1) is 6.50. The third kappa shape index (κ3) is 2.36. The summed E-state index contributed by atoms with van der Waals surface area (Å²) in [5.74, 6) is -0.596. The Morgan fingerprint density at radius 2 is 2.29 bits per heavy atom. The molecule has 0 radical (unpaired) electrons. The van der Waals surface area contributed by atoms with Crippen LogP contribution >= 0.6 is 12.2 Å². The van der Waals surface area contributed by atoms with E-state index in [9.17, 15) is 14.9 Å². The maximum atomic E-state index is 10.6. The van der Waals surface area contributed by atoms with E-state index in [-0.39, 0.29) is 10.3 Å². The third-order valence-electron chi connectivity index (χ3n) is 1.30. The van der Waals surface area contributed by atoms with Crippen LogP contribution in [0.25, 0.3) is 0 Å². The highest BCUT2D eigenvalue weighted by atomic mass is 32.1. The van der Waals surface area contributed by atoms with Crippen molar-refractivity contribution in [2.24, 2.45) is 0 Å². The molecule has 0 atom stereocenters. The highest BCUT2D eigenvalue weighted by molar-refractivity contribution is 7.71. The molecule has 7 heteroatoms. The van der Waals surface area contributed by atoms with E-state index in [1.54, 1.807) is 0 Å². The molecule has 0 aliphatic rings. The molecule has 0 saturated heterocycles. The van der Waals surface area contributed by atoms with Crippen molar-refractivity contribution in [3.05, 3.63) is 33.1 Å². The van der Waals surface area contributed by atoms with Gasteiger partial charge in [-0.25, -0.2) is 4.79 Å². The lowest BCUT2D eigenvalue weighted by molar-refractivity contribution is -0.385. The fourth-order valence-electron chi connectivity index (χ4n) is 0.775. The maximum absolute atomic E-state index is 10.6. The number of hydrogen-bond acceptors (Lipinski definition) is 5. The molecule has 0 bridgehead atoms. The van der Waals surface area contributed by atoms with Crippen LogP contribution < -0.4 is 4.84 Å². The number of pyridine rings is 1. The van der Waals surface area contributed by atoms with Gasteiger partial charge >= 0.3 is 5.97 Å². The molecular weight excluding hydrogens is 208 g/mol. The minimum atomic E-state index is -0.602. The van der Waals surface area contributed by atoms with Crippen molar-refractivity contribution < 1.29 is 14.6 Å². The number of nitrogens with zero attached hydrogens (tertiary/aromatic N) is 2. The van der Waals surface area contributed by atoms with Crippen molar-refractivity contribution in [2.75, 3.05) is 0 Å².